The number of carbonyl (C=O) groups is 2. The Morgan fingerprint density at radius 3 is 2.37 bits per heavy atom. The monoisotopic (exact) mass is 535 g/mol. The first kappa shape index (κ1) is 27.4. The van der Waals surface area contributed by atoms with Gasteiger partial charge < -0.3 is 30.4 Å². The van der Waals surface area contributed by atoms with Crippen LogP contribution in [0.3, 0.4) is 0 Å². The van der Waals surface area contributed by atoms with Gasteiger partial charge in [0.15, 0.2) is 0 Å². The average Bonchev–Trinajstić information content (AvgIpc) is 2.88. The highest BCUT2D eigenvalue weighted by Crippen LogP contribution is 2.36. The minimum atomic E-state index is -4.70. The summed E-state index contributed by atoms with van der Waals surface area (Å²) in [5.74, 6) is -0.541. The molecule has 2 aliphatic rings. The number of nitrogens with one attached hydrogen (secondary N) is 2. The molecule has 2 atom stereocenters. The number of carboxylic acid groups (broad SMARTS) is 1. The summed E-state index contributed by atoms with van der Waals surface area (Å²) in [5, 5.41) is 15.2. The minimum absolute atomic E-state index is 0.0578. The van der Waals surface area contributed by atoms with E-state index in [0.717, 1.165) is 30.8 Å². The Hall–Kier alpha value is -3.61. The van der Waals surface area contributed by atoms with E-state index in [4.69, 9.17) is 0 Å². The van der Waals surface area contributed by atoms with E-state index >= 15 is 0 Å². The van der Waals surface area contributed by atoms with Gasteiger partial charge in [0.2, 0.25) is 5.95 Å². The highest BCUT2D eigenvalue weighted by molar-refractivity contribution is 5.94. The van der Waals surface area contributed by atoms with Crippen molar-refractivity contribution in [2.24, 2.45) is 0 Å². The number of alkyl halides is 3. The second kappa shape index (κ2) is 11.4. The fraction of sp³-hybridized carbons (Fsp3) is 0.520. The van der Waals surface area contributed by atoms with Gasteiger partial charge in [0.05, 0.1) is 6.04 Å². The third-order valence-corrected chi connectivity index (χ3v) is 7.12. The lowest BCUT2D eigenvalue weighted by molar-refractivity contribution is -0.137. The molecule has 3 N–H and O–H groups in total. The van der Waals surface area contributed by atoms with Gasteiger partial charge >= 0.3 is 12.3 Å². The van der Waals surface area contributed by atoms with E-state index in [1.165, 1.54) is 7.05 Å². The summed E-state index contributed by atoms with van der Waals surface area (Å²) in [7, 11) is 3.43. The van der Waals surface area contributed by atoms with Crippen LogP contribution in [0, 0.1) is 0 Å². The van der Waals surface area contributed by atoms with Crippen LogP contribution in [-0.2, 0) is 6.18 Å². The summed E-state index contributed by atoms with van der Waals surface area (Å²) in [6, 6.07) is 5.58. The smallest absolute Gasteiger partial charge is 0.421 e. The van der Waals surface area contributed by atoms with E-state index in [2.05, 4.69) is 25.5 Å². The molecule has 10 nitrogen and oxygen atoms in total. The second-order valence-electron chi connectivity index (χ2n) is 9.75. The van der Waals surface area contributed by atoms with Crippen LogP contribution in [0.4, 0.5) is 35.4 Å². The van der Waals surface area contributed by atoms with Crippen LogP contribution in [0.2, 0.25) is 0 Å². The summed E-state index contributed by atoms with van der Waals surface area (Å²) in [6.07, 6.45) is -2.53. The van der Waals surface area contributed by atoms with Gasteiger partial charge in [-0.05, 0) is 44.2 Å². The Balaban J connectivity index is 1.51. The summed E-state index contributed by atoms with van der Waals surface area (Å²) in [4.78, 5) is 37.3. The number of rotatable bonds is 6. The van der Waals surface area contributed by atoms with Crippen molar-refractivity contribution in [3.8, 4) is 0 Å². The molecule has 4 rings (SSSR count). The summed E-state index contributed by atoms with van der Waals surface area (Å²) < 4.78 is 41.3. The molecule has 0 bridgehead atoms. The molecular weight excluding hydrogens is 503 g/mol. The van der Waals surface area contributed by atoms with Gasteiger partial charge in [-0.25, -0.2) is 9.78 Å². The van der Waals surface area contributed by atoms with Crippen molar-refractivity contribution in [3.63, 3.8) is 0 Å². The zero-order valence-electron chi connectivity index (χ0n) is 21.3. The predicted molar refractivity (Wildman–Crippen MR) is 136 cm³/mol. The molecule has 2 unspecified atom stereocenters. The molecule has 206 valence electrons. The number of benzene rings is 1. The number of hydrogen-bond donors (Lipinski definition) is 3. The third-order valence-electron chi connectivity index (χ3n) is 7.12. The summed E-state index contributed by atoms with van der Waals surface area (Å²) in [5.41, 5.74) is -0.00745. The van der Waals surface area contributed by atoms with E-state index in [1.54, 1.807) is 29.2 Å². The quantitative estimate of drug-likeness (QED) is 0.510. The normalized spacial score (nSPS) is 20.6. The van der Waals surface area contributed by atoms with Gasteiger partial charge in [-0.1, -0.05) is 12.8 Å². The Morgan fingerprint density at radius 1 is 1.08 bits per heavy atom. The molecule has 1 aliphatic heterocycles. The first-order chi connectivity index (χ1) is 18.0. The molecule has 0 radical (unpaired) electrons. The standard InChI is InChI=1S/C25H32F3N7O3/c1-33-11-13-35(14-12-33)22(36)16-7-9-17(10-8-16)30-23-29-15-18(25(26,27)28)21(32-23)31-19-5-3-4-6-20(19)34(2)24(37)38/h7-10,15,19-20H,3-6,11-14H2,1-2H3,(H,37,38)(H2,29,30,31,32). The van der Waals surface area contributed by atoms with Crippen LogP contribution in [-0.4, -0.2) is 94.1 Å². The van der Waals surface area contributed by atoms with Gasteiger partial charge in [0, 0.05) is 56.7 Å². The Bertz CT molecular complexity index is 1140. The second-order valence-corrected chi connectivity index (χ2v) is 9.75. The molecule has 2 fully saturated rings. The molecule has 38 heavy (non-hydrogen) atoms. The number of anilines is 3. The molecule has 1 aromatic carbocycles. The van der Waals surface area contributed by atoms with Crippen molar-refractivity contribution >= 4 is 29.5 Å². The Morgan fingerprint density at radius 2 is 1.74 bits per heavy atom. The lowest BCUT2D eigenvalue weighted by Crippen LogP contribution is -2.49. The van der Waals surface area contributed by atoms with Crippen molar-refractivity contribution in [2.75, 3.05) is 50.9 Å². The number of carbonyl (C=O) groups excluding carboxylic acids is 1. The van der Waals surface area contributed by atoms with Crippen LogP contribution >= 0.6 is 0 Å². The van der Waals surface area contributed by atoms with Crippen LogP contribution < -0.4 is 10.6 Å². The van der Waals surface area contributed by atoms with Gasteiger partial charge in [-0.3, -0.25) is 4.79 Å². The Kier molecular flexibility index (Phi) is 8.24. The Labute approximate surface area is 218 Å². The van der Waals surface area contributed by atoms with Crippen LogP contribution in [0.15, 0.2) is 30.5 Å². The van der Waals surface area contributed by atoms with Crippen molar-refractivity contribution in [1.29, 1.82) is 0 Å². The zero-order chi connectivity index (χ0) is 27.4. The largest absolute Gasteiger partial charge is 0.465 e. The maximum Gasteiger partial charge on any atom is 0.421 e. The summed E-state index contributed by atoms with van der Waals surface area (Å²) >= 11 is 0. The fourth-order valence-corrected chi connectivity index (χ4v) is 4.84. The van der Waals surface area contributed by atoms with Crippen molar-refractivity contribution < 1.29 is 27.9 Å². The van der Waals surface area contributed by atoms with Crippen LogP contribution in [0.5, 0.6) is 0 Å². The van der Waals surface area contributed by atoms with Gasteiger partial charge in [-0.2, -0.15) is 18.2 Å². The number of halogens is 3. The maximum atomic E-state index is 13.8. The number of piperazine rings is 1. The molecule has 0 spiro atoms. The van der Waals surface area contributed by atoms with E-state index in [-0.39, 0.29) is 11.9 Å². The lowest BCUT2D eigenvalue weighted by atomic mass is 9.89. The van der Waals surface area contributed by atoms with E-state index in [9.17, 15) is 27.9 Å². The van der Waals surface area contributed by atoms with Gasteiger partial charge in [-0.15, -0.1) is 0 Å². The average molecular weight is 536 g/mol. The summed E-state index contributed by atoms with van der Waals surface area (Å²) in [6.45, 7) is 2.91. The van der Waals surface area contributed by atoms with Crippen molar-refractivity contribution in [1.82, 2.24) is 24.7 Å². The molecule has 2 aromatic rings. The zero-order valence-corrected chi connectivity index (χ0v) is 21.3. The maximum absolute atomic E-state index is 13.8. The van der Waals surface area contributed by atoms with Crippen LogP contribution in [0.1, 0.15) is 41.6 Å². The van der Waals surface area contributed by atoms with E-state index in [0.29, 0.717) is 43.4 Å². The van der Waals surface area contributed by atoms with Crippen molar-refractivity contribution in [2.45, 2.75) is 43.9 Å². The predicted octanol–water partition coefficient (Wildman–Crippen LogP) is 3.96. The molecular formula is C25H32F3N7O3. The lowest BCUT2D eigenvalue weighted by Gasteiger charge is -2.37. The number of hydrogen-bond acceptors (Lipinski definition) is 7. The number of nitrogens with zero attached hydrogens (tertiary/aromatic N) is 5. The molecule has 1 aromatic heterocycles. The third kappa shape index (κ3) is 6.44. The number of aromatic nitrogens is 2. The van der Waals surface area contributed by atoms with Gasteiger partial charge in [0.25, 0.3) is 5.91 Å². The van der Waals surface area contributed by atoms with E-state index in [1.807, 2.05) is 7.05 Å². The first-order valence-electron chi connectivity index (χ1n) is 12.5. The number of amides is 2. The highest BCUT2D eigenvalue weighted by atomic mass is 19.4. The van der Waals surface area contributed by atoms with Gasteiger partial charge in [0.1, 0.15) is 11.4 Å². The molecule has 1 saturated carbocycles. The SMILES string of the molecule is CN1CCN(C(=O)c2ccc(Nc3ncc(C(F)(F)F)c(NC4CCCCC4N(C)C(=O)O)n3)cc2)CC1. The highest BCUT2D eigenvalue weighted by Gasteiger charge is 2.38. The number of likely N-dealkylation sites (N-methyl/N-ethyl adjacent to an activating group) is 2. The molecule has 1 aliphatic carbocycles. The first-order valence-corrected chi connectivity index (χ1v) is 12.5. The van der Waals surface area contributed by atoms with Crippen molar-refractivity contribution in [3.05, 3.63) is 41.6 Å². The van der Waals surface area contributed by atoms with Crippen LogP contribution in [0.25, 0.3) is 0 Å². The van der Waals surface area contributed by atoms with E-state index < -0.39 is 35.7 Å². The topological polar surface area (TPSA) is 114 Å². The minimum Gasteiger partial charge on any atom is -0.465 e. The molecule has 13 heteroatoms. The molecule has 2 heterocycles. The molecule has 2 amide bonds. The molecule has 1 saturated heterocycles. The fourth-order valence-electron chi connectivity index (χ4n) is 4.84.